The van der Waals surface area contributed by atoms with Gasteiger partial charge in [-0.05, 0) is 30.7 Å². The predicted molar refractivity (Wildman–Crippen MR) is 104 cm³/mol. The second-order valence-corrected chi connectivity index (χ2v) is 6.79. The number of halogens is 2. The fourth-order valence-electron chi connectivity index (χ4n) is 3.36. The smallest absolute Gasteiger partial charge is 0.267 e. The van der Waals surface area contributed by atoms with Gasteiger partial charge in [-0.2, -0.15) is 5.10 Å². The molecule has 3 aromatic rings. The van der Waals surface area contributed by atoms with Crippen molar-refractivity contribution in [1.82, 2.24) is 5.01 Å². The first-order valence-corrected chi connectivity index (χ1v) is 9.01. The largest absolute Gasteiger partial charge is 0.277 e. The summed E-state index contributed by atoms with van der Waals surface area (Å²) in [7, 11) is 0. The number of hydrogen-bond acceptors (Lipinski definition) is 2. The minimum atomic E-state index is -0.607. The summed E-state index contributed by atoms with van der Waals surface area (Å²) in [6.45, 7) is 1.97. The number of nitrogens with zero attached hydrogens (tertiary/aromatic N) is 2. The van der Waals surface area contributed by atoms with Gasteiger partial charge in [0.2, 0.25) is 0 Å². The van der Waals surface area contributed by atoms with Crippen molar-refractivity contribution in [2.45, 2.75) is 19.4 Å². The van der Waals surface area contributed by atoms with Crippen molar-refractivity contribution < 1.29 is 13.6 Å². The van der Waals surface area contributed by atoms with Crippen LogP contribution in [-0.4, -0.2) is 16.6 Å². The number of carbonyl (C=O) groups is 1. The van der Waals surface area contributed by atoms with Crippen LogP contribution < -0.4 is 0 Å². The van der Waals surface area contributed by atoms with Crippen LogP contribution in [0.5, 0.6) is 0 Å². The highest BCUT2D eigenvalue weighted by molar-refractivity contribution is 6.05. The molecule has 0 radical (unpaired) electrons. The lowest BCUT2D eigenvalue weighted by Crippen LogP contribution is -2.27. The quantitative estimate of drug-likeness (QED) is 0.613. The Kier molecular flexibility index (Phi) is 4.74. The zero-order chi connectivity index (χ0) is 19.7. The number of benzene rings is 3. The molecule has 1 heterocycles. The van der Waals surface area contributed by atoms with Gasteiger partial charge in [-0.3, -0.25) is 4.79 Å². The van der Waals surface area contributed by atoms with Gasteiger partial charge in [-0.25, -0.2) is 13.8 Å². The number of rotatable bonds is 3. The van der Waals surface area contributed by atoms with E-state index in [9.17, 15) is 13.6 Å². The van der Waals surface area contributed by atoms with E-state index in [1.54, 1.807) is 24.3 Å². The van der Waals surface area contributed by atoms with Crippen LogP contribution in [0, 0.1) is 18.6 Å². The summed E-state index contributed by atoms with van der Waals surface area (Å²) in [6, 6.07) is 19.4. The highest BCUT2D eigenvalue weighted by Gasteiger charge is 2.35. The molecule has 5 heteroatoms. The molecule has 1 atom stereocenters. The first kappa shape index (κ1) is 18.0. The van der Waals surface area contributed by atoms with Crippen LogP contribution in [0.1, 0.15) is 39.5 Å². The van der Waals surface area contributed by atoms with E-state index in [2.05, 4.69) is 5.10 Å². The van der Waals surface area contributed by atoms with Crippen LogP contribution in [0.25, 0.3) is 0 Å². The van der Waals surface area contributed by atoms with Gasteiger partial charge in [-0.1, -0.05) is 60.2 Å². The molecule has 1 unspecified atom stereocenters. The van der Waals surface area contributed by atoms with E-state index < -0.39 is 23.6 Å². The molecule has 0 spiro atoms. The molecule has 0 saturated heterocycles. The zero-order valence-electron chi connectivity index (χ0n) is 15.3. The molecular formula is C23H18F2N2O. The van der Waals surface area contributed by atoms with Crippen molar-refractivity contribution in [3.05, 3.63) is 107 Å². The van der Waals surface area contributed by atoms with E-state index in [0.717, 1.165) is 11.1 Å². The molecule has 1 amide bonds. The van der Waals surface area contributed by atoms with Crippen molar-refractivity contribution in [3.8, 4) is 0 Å². The van der Waals surface area contributed by atoms with Crippen LogP contribution in [-0.2, 0) is 0 Å². The summed E-state index contributed by atoms with van der Waals surface area (Å²) in [5.74, 6) is -1.55. The summed E-state index contributed by atoms with van der Waals surface area (Å²) in [5.41, 5.74) is 2.71. The fraction of sp³-hybridized carbons (Fsp3) is 0.130. The van der Waals surface area contributed by atoms with Crippen molar-refractivity contribution in [2.24, 2.45) is 5.10 Å². The number of carbonyl (C=O) groups excluding carboxylic acids is 1. The molecule has 140 valence electrons. The Bertz CT molecular complexity index is 1060. The summed E-state index contributed by atoms with van der Waals surface area (Å²) < 4.78 is 28.5. The number of aryl methyl sites for hydroxylation is 1. The topological polar surface area (TPSA) is 32.7 Å². The third kappa shape index (κ3) is 3.31. The summed E-state index contributed by atoms with van der Waals surface area (Å²) >= 11 is 0. The third-order valence-corrected chi connectivity index (χ3v) is 4.87. The van der Waals surface area contributed by atoms with Crippen molar-refractivity contribution >= 4 is 11.6 Å². The molecule has 0 N–H and O–H groups in total. The Balaban J connectivity index is 1.77. The normalized spacial score (nSPS) is 16.2. The third-order valence-electron chi connectivity index (χ3n) is 4.87. The lowest BCUT2D eigenvalue weighted by Gasteiger charge is -2.22. The Hall–Kier alpha value is -3.34. The van der Waals surface area contributed by atoms with E-state index in [-0.39, 0.29) is 5.56 Å². The summed E-state index contributed by atoms with van der Waals surface area (Å²) in [5, 5.41) is 5.68. The molecule has 1 aliphatic heterocycles. The van der Waals surface area contributed by atoms with E-state index in [4.69, 9.17) is 0 Å². The molecule has 1 aliphatic rings. The van der Waals surface area contributed by atoms with Gasteiger partial charge in [0, 0.05) is 12.0 Å². The van der Waals surface area contributed by atoms with Crippen LogP contribution in [0.15, 0.2) is 77.9 Å². The lowest BCUT2D eigenvalue weighted by molar-refractivity contribution is 0.0706. The van der Waals surface area contributed by atoms with E-state index >= 15 is 0 Å². The van der Waals surface area contributed by atoms with Gasteiger partial charge in [0.25, 0.3) is 5.91 Å². The minimum Gasteiger partial charge on any atom is -0.267 e. The summed E-state index contributed by atoms with van der Waals surface area (Å²) in [6.07, 6.45) is 0.351. The molecule has 4 rings (SSSR count). The average molecular weight is 376 g/mol. The highest BCUT2D eigenvalue weighted by atomic mass is 19.1. The van der Waals surface area contributed by atoms with Gasteiger partial charge in [0.1, 0.15) is 11.6 Å². The Morgan fingerprint density at radius 2 is 1.57 bits per heavy atom. The van der Waals surface area contributed by atoms with Gasteiger partial charge in [0.15, 0.2) is 0 Å². The van der Waals surface area contributed by atoms with Crippen molar-refractivity contribution in [2.75, 3.05) is 0 Å². The molecule has 0 bridgehead atoms. The molecule has 0 aromatic heterocycles. The van der Waals surface area contributed by atoms with E-state index in [0.29, 0.717) is 17.7 Å². The molecule has 0 aliphatic carbocycles. The number of hydrazone groups is 1. The van der Waals surface area contributed by atoms with Gasteiger partial charge in [0.05, 0.1) is 17.3 Å². The average Bonchev–Trinajstić information content (AvgIpc) is 3.14. The maximum Gasteiger partial charge on any atom is 0.277 e. The SMILES string of the molecule is Cc1ccc(C2CC(c3ccccc3F)=NN2C(=O)c2ccccc2F)cc1. The molecular weight excluding hydrogens is 358 g/mol. The first-order valence-electron chi connectivity index (χ1n) is 9.01. The first-order chi connectivity index (χ1) is 13.5. The summed E-state index contributed by atoms with van der Waals surface area (Å²) in [4.78, 5) is 13.1. The molecule has 0 fully saturated rings. The fourth-order valence-corrected chi connectivity index (χ4v) is 3.36. The van der Waals surface area contributed by atoms with Crippen molar-refractivity contribution in [1.29, 1.82) is 0 Å². The number of hydrogen-bond donors (Lipinski definition) is 0. The standard InChI is InChI=1S/C23H18F2N2O/c1-15-10-12-16(13-11-15)22-14-21(17-6-2-4-8-19(17)24)26-27(22)23(28)18-7-3-5-9-20(18)25/h2-13,22H,14H2,1H3. The van der Waals surface area contributed by atoms with E-state index in [1.165, 1.54) is 29.3 Å². The zero-order valence-corrected chi connectivity index (χ0v) is 15.3. The second-order valence-electron chi connectivity index (χ2n) is 6.79. The van der Waals surface area contributed by atoms with Crippen LogP contribution in [0.4, 0.5) is 8.78 Å². The monoisotopic (exact) mass is 376 g/mol. The highest BCUT2D eigenvalue weighted by Crippen LogP contribution is 2.34. The Labute approximate surface area is 161 Å². The molecule has 3 aromatic carbocycles. The minimum absolute atomic E-state index is 0.0573. The maximum absolute atomic E-state index is 14.3. The maximum atomic E-state index is 14.3. The van der Waals surface area contributed by atoms with E-state index in [1.807, 2.05) is 31.2 Å². The number of amides is 1. The lowest BCUT2D eigenvalue weighted by atomic mass is 9.97. The van der Waals surface area contributed by atoms with Gasteiger partial charge >= 0.3 is 0 Å². The van der Waals surface area contributed by atoms with Crippen LogP contribution in [0.3, 0.4) is 0 Å². The molecule has 0 saturated carbocycles. The predicted octanol–water partition coefficient (Wildman–Crippen LogP) is 5.26. The molecule has 28 heavy (non-hydrogen) atoms. The van der Waals surface area contributed by atoms with Gasteiger partial charge < -0.3 is 0 Å². The van der Waals surface area contributed by atoms with Gasteiger partial charge in [-0.15, -0.1) is 0 Å². The van der Waals surface area contributed by atoms with Crippen LogP contribution >= 0.6 is 0 Å². The van der Waals surface area contributed by atoms with Crippen LogP contribution in [0.2, 0.25) is 0 Å². The second kappa shape index (κ2) is 7.35. The van der Waals surface area contributed by atoms with Crippen molar-refractivity contribution in [3.63, 3.8) is 0 Å². The molecule has 3 nitrogen and oxygen atoms in total. The Morgan fingerprint density at radius 1 is 0.929 bits per heavy atom. The Morgan fingerprint density at radius 3 is 2.25 bits per heavy atom.